The molecule has 248 valence electrons. The Morgan fingerprint density at radius 3 is 2.18 bits per heavy atom. The van der Waals surface area contributed by atoms with Gasteiger partial charge in [-0.15, -0.1) is 0 Å². The van der Waals surface area contributed by atoms with Crippen molar-refractivity contribution >= 4 is 35.8 Å². The van der Waals surface area contributed by atoms with E-state index in [4.69, 9.17) is 5.73 Å². The number of rotatable bonds is 11. The Balaban J connectivity index is 0.000000693. The van der Waals surface area contributed by atoms with Crippen LogP contribution in [0, 0.1) is 24.2 Å². The Bertz CT molecular complexity index is 1190. The third-order valence-corrected chi connectivity index (χ3v) is 8.78. The van der Waals surface area contributed by atoms with Crippen LogP contribution >= 0.6 is 0 Å². The van der Waals surface area contributed by atoms with Gasteiger partial charge in [-0.1, -0.05) is 58.9 Å². The van der Waals surface area contributed by atoms with Crippen molar-refractivity contribution in [3.05, 3.63) is 30.1 Å². The average molecular weight is 627 g/mol. The molecule has 2 heterocycles. The third kappa shape index (κ3) is 10.9. The Labute approximate surface area is 266 Å². The molecule has 1 saturated heterocycles. The summed E-state index contributed by atoms with van der Waals surface area (Å²) < 4.78 is 0. The average Bonchev–Trinajstić information content (AvgIpc) is 3.69. The molecular weight excluding hydrogens is 576 g/mol. The summed E-state index contributed by atoms with van der Waals surface area (Å²) in [5.74, 6) is -2.51. The number of carbonyl (C=O) groups is 6. The third-order valence-electron chi connectivity index (χ3n) is 8.78. The Hall–Kier alpha value is -3.83. The first-order valence-electron chi connectivity index (χ1n) is 16.2. The van der Waals surface area contributed by atoms with Crippen molar-refractivity contribution < 1.29 is 28.8 Å². The highest BCUT2D eigenvalue weighted by atomic mass is 16.2. The minimum Gasteiger partial charge on any atom is -0.363 e. The molecule has 5 N–H and O–H groups in total. The van der Waals surface area contributed by atoms with Crippen LogP contribution in [0.25, 0.3) is 0 Å². The Kier molecular flexibility index (Phi) is 13.0. The van der Waals surface area contributed by atoms with E-state index in [0.717, 1.165) is 56.9 Å². The predicted octanol–water partition coefficient (Wildman–Crippen LogP) is 2.57. The molecular formula is C33H50N6O6. The summed E-state index contributed by atoms with van der Waals surface area (Å²) >= 11 is 0. The lowest BCUT2D eigenvalue weighted by atomic mass is 9.84. The zero-order chi connectivity index (χ0) is 33.1. The number of urea groups is 1. The number of carbonyl (C=O) groups excluding carboxylic acids is 6. The maximum absolute atomic E-state index is 13.7. The van der Waals surface area contributed by atoms with Crippen LogP contribution in [0.2, 0.25) is 0 Å². The molecule has 2 saturated carbocycles. The second-order valence-corrected chi connectivity index (χ2v) is 13.6. The maximum Gasteiger partial charge on any atom is 0.316 e. The smallest absolute Gasteiger partial charge is 0.316 e. The SMILES string of the molecule is CC(C)(C)C(NC(=O)NC(C=O)C1CCCCC1)C(=O)N1CCCC1C(=O)NC(CC1CC1)C(=O)C(N)=O.Cc1ccccn1. The van der Waals surface area contributed by atoms with Crippen LogP contribution in [0.4, 0.5) is 4.79 Å². The Morgan fingerprint density at radius 2 is 1.67 bits per heavy atom. The highest BCUT2D eigenvalue weighted by molar-refractivity contribution is 6.37. The standard InChI is InChI=1S/C27H43N5O6.C6H7N/c1-27(2,3)22(31-26(38)30-19(15-33)17-8-5-4-6-9-17)25(37)32-13-7-10-20(32)24(36)29-18(14-16-11-12-16)21(34)23(28)35;1-6-4-2-3-5-7-6/h15-20,22H,4-14H2,1-3H3,(H2,28,35)(H,29,36)(H2,30,31,38);2-5H,1H3. The van der Waals surface area contributed by atoms with Gasteiger partial charge in [-0.25, -0.2) is 4.79 Å². The molecule has 12 heteroatoms. The van der Waals surface area contributed by atoms with E-state index < -0.39 is 59.1 Å². The van der Waals surface area contributed by atoms with Crippen LogP contribution in [0.1, 0.15) is 90.7 Å². The molecule has 2 aliphatic carbocycles. The van der Waals surface area contributed by atoms with E-state index in [1.165, 1.54) is 4.90 Å². The van der Waals surface area contributed by atoms with Crippen LogP contribution in [0.15, 0.2) is 24.4 Å². The molecule has 0 spiro atoms. The first-order chi connectivity index (χ1) is 21.3. The van der Waals surface area contributed by atoms with Crippen molar-refractivity contribution in [1.82, 2.24) is 25.8 Å². The lowest BCUT2D eigenvalue weighted by Gasteiger charge is -2.36. The maximum atomic E-state index is 13.7. The minimum absolute atomic E-state index is 0.0779. The summed E-state index contributed by atoms with van der Waals surface area (Å²) in [7, 11) is 0. The molecule has 0 aromatic carbocycles. The van der Waals surface area contributed by atoms with Crippen molar-refractivity contribution in [2.45, 2.75) is 116 Å². The number of primary amides is 1. The molecule has 0 radical (unpaired) electrons. The zero-order valence-electron chi connectivity index (χ0n) is 27.1. The van der Waals surface area contributed by atoms with E-state index in [-0.39, 0.29) is 11.8 Å². The van der Waals surface area contributed by atoms with Gasteiger partial charge in [0, 0.05) is 18.4 Å². The van der Waals surface area contributed by atoms with E-state index in [1.54, 1.807) is 6.20 Å². The van der Waals surface area contributed by atoms with Crippen LogP contribution in [0.5, 0.6) is 0 Å². The highest BCUT2D eigenvalue weighted by Crippen LogP contribution is 2.34. The van der Waals surface area contributed by atoms with Gasteiger partial charge in [-0.2, -0.15) is 0 Å². The molecule has 0 bridgehead atoms. The van der Waals surface area contributed by atoms with Crippen molar-refractivity contribution in [3.8, 4) is 0 Å². The van der Waals surface area contributed by atoms with Crippen molar-refractivity contribution in [2.75, 3.05) is 6.54 Å². The number of ketones is 1. The highest BCUT2D eigenvalue weighted by Gasteiger charge is 2.43. The molecule has 3 aliphatic rings. The molecule has 4 rings (SSSR count). The molecule has 45 heavy (non-hydrogen) atoms. The summed E-state index contributed by atoms with van der Waals surface area (Å²) in [5.41, 5.74) is 5.58. The predicted molar refractivity (Wildman–Crippen MR) is 169 cm³/mol. The lowest BCUT2D eigenvalue weighted by molar-refractivity contribution is -0.143. The van der Waals surface area contributed by atoms with Gasteiger partial charge in [0.25, 0.3) is 5.91 Å². The molecule has 4 unspecified atom stereocenters. The number of amides is 5. The second kappa shape index (κ2) is 16.5. The van der Waals surface area contributed by atoms with Gasteiger partial charge < -0.3 is 31.4 Å². The molecule has 12 nitrogen and oxygen atoms in total. The topological polar surface area (TPSA) is 181 Å². The van der Waals surface area contributed by atoms with E-state index in [9.17, 15) is 28.8 Å². The lowest BCUT2D eigenvalue weighted by Crippen LogP contribution is -2.61. The number of hydrogen-bond acceptors (Lipinski definition) is 7. The number of nitrogens with zero attached hydrogens (tertiary/aromatic N) is 2. The fourth-order valence-corrected chi connectivity index (χ4v) is 6.00. The first kappa shape index (κ1) is 35.6. The van der Waals surface area contributed by atoms with E-state index in [0.29, 0.717) is 25.8 Å². The van der Waals surface area contributed by atoms with Crippen LogP contribution in [-0.4, -0.2) is 76.4 Å². The van der Waals surface area contributed by atoms with Crippen molar-refractivity contribution in [1.29, 1.82) is 0 Å². The number of likely N-dealkylation sites (tertiary alicyclic amines) is 1. The quantitative estimate of drug-likeness (QED) is 0.215. The van der Waals surface area contributed by atoms with Crippen molar-refractivity contribution in [3.63, 3.8) is 0 Å². The van der Waals surface area contributed by atoms with Gasteiger partial charge in [0.15, 0.2) is 0 Å². The summed E-state index contributed by atoms with van der Waals surface area (Å²) in [6.45, 7) is 7.74. The summed E-state index contributed by atoms with van der Waals surface area (Å²) in [4.78, 5) is 80.8. The number of aryl methyl sites for hydroxylation is 1. The van der Waals surface area contributed by atoms with E-state index in [2.05, 4.69) is 20.9 Å². The largest absolute Gasteiger partial charge is 0.363 e. The second-order valence-electron chi connectivity index (χ2n) is 13.6. The van der Waals surface area contributed by atoms with Crippen LogP contribution < -0.4 is 21.7 Å². The number of nitrogens with one attached hydrogen (secondary N) is 3. The summed E-state index contributed by atoms with van der Waals surface area (Å²) in [5, 5.41) is 8.16. The van der Waals surface area contributed by atoms with Gasteiger partial charge in [0.1, 0.15) is 18.4 Å². The van der Waals surface area contributed by atoms with Gasteiger partial charge in [0.05, 0.1) is 12.1 Å². The van der Waals surface area contributed by atoms with E-state index >= 15 is 0 Å². The number of nitrogens with two attached hydrogens (primary N) is 1. The Morgan fingerprint density at radius 1 is 0.978 bits per heavy atom. The van der Waals surface area contributed by atoms with Crippen LogP contribution in [0.3, 0.4) is 0 Å². The number of hydrogen-bond donors (Lipinski definition) is 4. The fourth-order valence-electron chi connectivity index (χ4n) is 6.00. The van der Waals surface area contributed by atoms with Gasteiger partial charge in [0.2, 0.25) is 17.6 Å². The monoisotopic (exact) mass is 626 g/mol. The minimum atomic E-state index is -1.10. The molecule has 1 aromatic rings. The molecule has 3 fully saturated rings. The number of pyridine rings is 1. The van der Waals surface area contributed by atoms with Crippen molar-refractivity contribution in [2.24, 2.45) is 23.0 Å². The summed E-state index contributed by atoms with van der Waals surface area (Å²) in [6, 6.07) is 1.84. The van der Waals surface area contributed by atoms with Gasteiger partial charge in [-0.3, -0.25) is 24.2 Å². The number of aromatic nitrogens is 1. The molecule has 1 aromatic heterocycles. The normalized spacial score (nSPS) is 20.4. The number of Topliss-reactive ketones (excluding diaryl/α,β-unsaturated/α-hetero) is 1. The van der Waals surface area contributed by atoms with Crippen LogP contribution in [-0.2, 0) is 24.0 Å². The van der Waals surface area contributed by atoms with Gasteiger partial charge >= 0.3 is 6.03 Å². The molecule has 5 amide bonds. The number of aldehydes is 1. The van der Waals surface area contributed by atoms with E-state index in [1.807, 2.05) is 45.9 Å². The molecule has 1 aliphatic heterocycles. The van der Waals surface area contributed by atoms with Gasteiger partial charge in [-0.05, 0) is 68.4 Å². The summed E-state index contributed by atoms with van der Waals surface area (Å²) in [6.07, 6.45) is 10.6. The zero-order valence-corrected chi connectivity index (χ0v) is 27.1. The molecule has 4 atom stereocenters. The fraction of sp³-hybridized carbons (Fsp3) is 0.667. The first-order valence-corrected chi connectivity index (χ1v) is 16.2.